The van der Waals surface area contributed by atoms with Crippen LogP contribution in [0.15, 0.2) is 18.2 Å². The highest BCUT2D eigenvalue weighted by molar-refractivity contribution is 7.79. The van der Waals surface area contributed by atoms with Crippen molar-refractivity contribution in [2.75, 3.05) is 25.6 Å². The molecular weight excluding hydrogens is 222 g/mol. The van der Waals surface area contributed by atoms with E-state index >= 15 is 0 Å². The summed E-state index contributed by atoms with van der Waals surface area (Å²) >= 11 is 4.22. The van der Waals surface area contributed by atoms with Gasteiger partial charge in [0.1, 0.15) is 0 Å². The second kappa shape index (κ2) is 5.80. The topological polar surface area (TPSA) is 29.5 Å². The third kappa shape index (κ3) is 2.92. The largest absolute Gasteiger partial charge is 0.462 e. The maximum Gasteiger partial charge on any atom is 0.340 e. The van der Waals surface area contributed by atoms with Crippen LogP contribution in [0, 0.1) is 0 Å². The molecule has 0 aliphatic rings. The van der Waals surface area contributed by atoms with Gasteiger partial charge in [0.05, 0.1) is 17.9 Å². The molecule has 1 rings (SSSR count). The molecule has 1 aromatic rings. The predicted octanol–water partition coefficient (Wildman–Crippen LogP) is 2.36. The zero-order chi connectivity index (χ0) is 12.1. The number of hydrogen-bond donors (Lipinski definition) is 1. The number of hydrogen-bond acceptors (Lipinski definition) is 4. The van der Waals surface area contributed by atoms with E-state index in [-0.39, 0.29) is 5.97 Å². The summed E-state index contributed by atoms with van der Waals surface area (Å²) in [5.74, 6) is 0.376. The Labute approximate surface area is 102 Å². The van der Waals surface area contributed by atoms with E-state index in [1.807, 2.05) is 31.1 Å². The molecule has 0 N–H and O–H groups in total. The number of carbonyl (C=O) groups is 1. The van der Waals surface area contributed by atoms with Crippen molar-refractivity contribution in [3.05, 3.63) is 29.3 Å². The van der Waals surface area contributed by atoms with E-state index in [2.05, 4.69) is 12.6 Å². The molecule has 0 amide bonds. The maximum atomic E-state index is 11.7. The Morgan fingerprint density at radius 1 is 1.44 bits per heavy atom. The molecule has 0 aliphatic heterocycles. The monoisotopic (exact) mass is 239 g/mol. The fourth-order valence-corrected chi connectivity index (χ4v) is 1.62. The minimum Gasteiger partial charge on any atom is -0.462 e. The average Bonchev–Trinajstić information content (AvgIpc) is 2.28. The predicted molar refractivity (Wildman–Crippen MR) is 69.4 cm³/mol. The fourth-order valence-electron chi connectivity index (χ4n) is 1.43. The van der Waals surface area contributed by atoms with Crippen LogP contribution in [0.1, 0.15) is 22.8 Å². The Morgan fingerprint density at radius 3 is 2.62 bits per heavy atom. The first kappa shape index (κ1) is 12.9. The molecule has 0 spiro atoms. The summed E-state index contributed by atoms with van der Waals surface area (Å²) in [7, 11) is 3.81. The van der Waals surface area contributed by atoms with Crippen LogP contribution in [0.25, 0.3) is 0 Å². The second-order valence-electron chi connectivity index (χ2n) is 3.62. The van der Waals surface area contributed by atoms with Crippen molar-refractivity contribution in [3.63, 3.8) is 0 Å². The standard InChI is InChI=1S/C12H17NO2S/c1-4-15-12(14)10-6-5-9(8-16)7-11(10)13(2)3/h5-7,16H,4,8H2,1-3H3. The lowest BCUT2D eigenvalue weighted by atomic mass is 10.1. The van der Waals surface area contributed by atoms with Crippen molar-refractivity contribution in [2.45, 2.75) is 12.7 Å². The summed E-state index contributed by atoms with van der Waals surface area (Å²) in [6, 6.07) is 5.64. The van der Waals surface area contributed by atoms with Crippen LogP contribution in [-0.4, -0.2) is 26.7 Å². The van der Waals surface area contributed by atoms with Gasteiger partial charge >= 0.3 is 5.97 Å². The van der Waals surface area contributed by atoms with Crippen molar-refractivity contribution >= 4 is 24.3 Å². The fraction of sp³-hybridized carbons (Fsp3) is 0.417. The Bertz CT molecular complexity index is 377. The second-order valence-corrected chi connectivity index (χ2v) is 3.94. The van der Waals surface area contributed by atoms with E-state index in [0.29, 0.717) is 17.9 Å². The number of benzene rings is 1. The molecule has 3 nitrogen and oxygen atoms in total. The molecule has 1 aromatic carbocycles. The Morgan fingerprint density at radius 2 is 2.12 bits per heavy atom. The van der Waals surface area contributed by atoms with E-state index in [1.54, 1.807) is 13.0 Å². The van der Waals surface area contributed by atoms with Gasteiger partial charge in [0, 0.05) is 19.8 Å². The van der Waals surface area contributed by atoms with Crippen molar-refractivity contribution in [1.29, 1.82) is 0 Å². The molecule has 0 bridgehead atoms. The summed E-state index contributed by atoms with van der Waals surface area (Å²) in [4.78, 5) is 13.6. The molecular formula is C12H17NO2S. The van der Waals surface area contributed by atoms with Crippen LogP contribution >= 0.6 is 12.6 Å². The van der Waals surface area contributed by atoms with E-state index in [0.717, 1.165) is 11.3 Å². The van der Waals surface area contributed by atoms with E-state index in [4.69, 9.17) is 4.74 Å². The molecule has 0 saturated heterocycles. The summed E-state index contributed by atoms with van der Waals surface area (Å²) < 4.78 is 5.01. The number of anilines is 1. The van der Waals surface area contributed by atoms with Crippen LogP contribution in [0.3, 0.4) is 0 Å². The smallest absolute Gasteiger partial charge is 0.340 e. The molecule has 0 aromatic heterocycles. The first-order valence-corrected chi connectivity index (χ1v) is 5.81. The molecule has 0 unspecified atom stereocenters. The van der Waals surface area contributed by atoms with Gasteiger partial charge in [-0.2, -0.15) is 12.6 Å². The third-order valence-electron chi connectivity index (χ3n) is 2.22. The first-order chi connectivity index (χ1) is 7.60. The lowest BCUT2D eigenvalue weighted by molar-refractivity contribution is 0.0527. The van der Waals surface area contributed by atoms with Gasteiger partial charge in [0.25, 0.3) is 0 Å². The van der Waals surface area contributed by atoms with Gasteiger partial charge < -0.3 is 9.64 Å². The zero-order valence-corrected chi connectivity index (χ0v) is 10.8. The third-order valence-corrected chi connectivity index (χ3v) is 2.59. The van der Waals surface area contributed by atoms with Gasteiger partial charge in [-0.15, -0.1) is 0 Å². The summed E-state index contributed by atoms with van der Waals surface area (Å²) in [6.45, 7) is 2.19. The van der Waals surface area contributed by atoms with Gasteiger partial charge in [-0.25, -0.2) is 4.79 Å². The van der Waals surface area contributed by atoms with Gasteiger partial charge in [0.15, 0.2) is 0 Å². The highest BCUT2D eigenvalue weighted by atomic mass is 32.1. The Kier molecular flexibility index (Phi) is 4.68. The molecule has 0 atom stereocenters. The van der Waals surface area contributed by atoms with Crippen LogP contribution in [0.2, 0.25) is 0 Å². The maximum absolute atomic E-state index is 11.7. The molecule has 0 heterocycles. The summed E-state index contributed by atoms with van der Waals surface area (Å²) in [5.41, 5.74) is 2.54. The molecule has 0 radical (unpaired) electrons. The average molecular weight is 239 g/mol. The van der Waals surface area contributed by atoms with Crippen LogP contribution in [0.5, 0.6) is 0 Å². The zero-order valence-electron chi connectivity index (χ0n) is 9.86. The number of ether oxygens (including phenoxy) is 1. The van der Waals surface area contributed by atoms with E-state index in [9.17, 15) is 4.79 Å². The lowest BCUT2D eigenvalue weighted by Crippen LogP contribution is -2.15. The molecule has 0 saturated carbocycles. The Hall–Kier alpha value is -1.16. The van der Waals surface area contributed by atoms with Crippen LogP contribution in [0.4, 0.5) is 5.69 Å². The number of thiol groups is 1. The normalized spacial score (nSPS) is 10.0. The van der Waals surface area contributed by atoms with Crippen LogP contribution < -0.4 is 4.90 Å². The quantitative estimate of drug-likeness (QED) is 0.646. The van der Waals surface area contributed by atoms with Gasteiger partial charge in [0.2, 0.25) is 0 Å². The minimum atomic E-state index is -0.281. The number of nitrogens with zero attached hydrogens (tertiary/aromatic N) is 1. The molecule has 88 valence electrons. The lowest BCUT2D eigenvalue weighted by Gasteiger charge is -2.17. The van der Waals surface area contributed by atoms with Crippen molar-refractivity contribution in [2.24, 2.45) is 0 Å². The number of esters is 1. The van der Waals surface area contributed by atoms with Crippen molar-refractivity contribution in [1.82, 2.24) is 0 Å². The van der Waals surface area contributed by atoms with Crippen molar-refractivity contribution in [3.8, 4) is 0 Å². The highest BCUT2D eigenvalue weighted by Gasteiger charge is 2.14. The van der Waals surface area contributed by atoms with Crippen molar-refractivity contribution < 1.29 is 9.53 Å². The SMILES string of the molecule is CCOC(=O)c1ccc(CS)cc1N(C)C. The van der Waals surface area contributed by atoms with E-state index in [1.165, 1.54) is 0 Å². The van der Waals surface area contributed by atoms with Crippen LogP contribution in [-0.2, 0) is 10.5 Å². The molecule has 4 heteroatoms. The Balaban J connectivity index is 3.12. The van der Waals surface area contributed by atoms with Gasteiger partial charge in [-0.3, -0.25) is 0 Å². The molecule has 0 fully saturated rings. The van der Waals surface area contributed by atoms with Gasteiger partial charge in [-0.1, -0.05) is 6.07 Å². The number of rotatable bonds is 4. The molecule has 16 heavy (non-hydrogen) atoms. The first-order valence-electron chi connectivity index (χ1n) is 5.18. The summed E-state index contributed by atoms with van der Waals surface area (Å²) in [5, 5.41) is 0. The van der Waals surface area contributed by atoms with Gasteiger partial charge in [-0.05, 0) is 24.6 Å². The summed E-state index contributed by atoms with van der Waals surface area (Å²) in [6.07, 6.45) is 0. The minimum absolute atomic E-state index is 0.281. The molecule has 0 aliphatic carbocycles. The number of carbonyl (C=O) groups excluding carboxylic acids is 1. The van der Waals surface area contributed by atoms with E-state index < -0.39 is 0 Å². The highest BCUT2D eigenvalue weighted by Crippen LogP contribution is 2.22.